The number of hydrogen-bond acceptors (Lipinski definition) is 5. The number of fused-ring (bicyclic) bond motifs is 1. The minimum Gasteiger partial charge on any atom is -0.379 e. The monoisotopic (exact) mass is 366 g/mol. The van der Waals surface area contributed by atoms with E-state index in [0.717, 1.165) is 36.1 Å². The number of amidine groups is 1. The molecule has 26 heavy (non-hydrogen) atoms. The summed E-state index contributed by atoms with van der Waals surface area (Å²) in [6.45, 7) is 2.19. The Bertz CT molecular complexity index is 951. The molecule has 1 aromatic heterocycles. The van der Waals surface area contributed by atoms with Gasteiger partial charge in [-0.25, -0.2) is 4.39 Å². The van der Waals surface area contributed by atoms with Gasteiger partial charge in [0.05, 0.1) is 11.1 Å². The van der Waals surface area contributed by atoms with Gasteiger partial charge in [0.2, 0.25) is 0 Å². The van der Waals surface area contributed by atoms with Crippen LogP contribution in [0.1, 0.15) is 37.3 Å². The summed E-state index contributed by atoms with van der Waals surface area (Å²) in [4.78, 5) is 8.92. The molecule has 2 aromatic rings. The van der Waals surface area contributed by atoms with Crippen molar-refractivity contribution in [3.05, 3.63) is 53.6 Å². The number of rotatable bonds is 2. The lowest BCUT2D eigenvalue weighted by atomic mass is 9.70. The molecule has 2 heterocycles. The van der Waals surface area contributed by atoms with Crippen molar-refractivity contribution in [2.45, 2.75) is 31.7 Å². The van der Waals surface area contributed by atoms with Gasteiger partial charge >= 0.3 is 0 Å². The van der Waals surface area contributed by atoms with Crippen molar-refractivity contribution in [1.29, 1.82) is 5.26 Å². The van der Waals surface area contributed by atoms with Crippen LogP contribution in [-0.2, 0) is 5.54 Å². The molecule has 1 aromatic carbocycles. The zero-order chi connectivity index (χ0) is 18.4. The molecule has 1 saturated carbocycles. The summed E-state index contributed by atoms with van der Waals surface area (Å²) in [7, 11) is 0. The van der Waals surface area contributed by atoms with E-state index in [1.54, 1.807) is 30.1 Å². The molecule has 0 bridgehead atoms. The summed E-state index contributed by atoms with van der Waals surface area (Å²) in [5, 5.41) is 9.64. The molecule has 0 saturated heterocycles. The lowest BCUT2D eigenvalue weighted by Crippen LogP contribution is -2.45. The van der Waals surface area contributed by atoms with Crippen LogP contribution in [0.5, 0.6) is 0 Å². The number of aliphatic imine (C=N–C) groups is 1. The topological polar surface area (TPSA) is 75.1 Å². The molecule has 1 fully saturated rings. The minimum atomic E-state index is -0.622. The first-order chi connectivity index (χ1) is 12.5. The number of hydrogen-bond donors (Lipinski definition) is 1. The molecule has 0 unspecified atom stereocenters. The average Bonchev–Trinajstić information content (AvgIpc) is 2.99. The SMILES string of the molecule is C[C@@]12CCC[C@]1(c1cc(-c3cncc(C#N)c3)ccc1F)N=C(N)SC2. The Morgan fingerprint density at radius 1 is 1.23 bits per heavy atom. The van der Waals surface area contributed by atoms with Crippen molar-refractivity contribution < 1.29 is 4.39 Å². The zero-order valence-electron chi connectivity index (χ0n) is 14.5. The highest BCUT2D eigenvalue weighted by Crippen LogP contribution is 2.59. The number of nitrogens with two attached hydrogens (primary N) is 1. The first-order valence-corrected chi connectivity index (χ1v) is 9.60. The Hall–Kier alpha value is -2.39. The fraction of sp³-hybridized carbons (Fsp3) is 0.350. The molecule has 2 aliphatic rings. The Labute approximate surface area is 156 Å². The van der Waals surface area contributed by atoms with Gasteiger partial charge in [0, 0.05) is 34.7 Å². The minimum absolute atomic E-state index is 0.118. The van der Waals surface area contributed by atoms with Crippen molar-refractivity contribution in [3.8, 4) is 17.2 Å². The van der Waals surface area contributed by atoms with Gasteiger partial charge in [-0.1, -0.05) is 24.8 Å². The molecule has 132 valence electrons. The number of halogens is 1. The van der Waals surface area contributed by atoms with Gasteiger partial charge in [0.25, 0.3) is 0 Å². The maximum Gasteiger partial charge on any atom is 0.154 e. The van der Waals surface area contributed by atoms with Gasteiger partial charge in [-0.3, -0.25) is 9.98 Å². The van der Waals surface area contributed by atoms with E-state index in [2.05, 4.69) is 18.0 Å². The first kappa shape index (κ1) is 17.0. The highest BCUT2D eigenvalue weighted by atomic mass is 32.2. The normalized spacial score (nSPS) is 27.5. The molecule has 6 heteroatoms. The fourth-order valence-corrected chi connectivity index (χ4v) is 5.35. The van der Waals surface area contributed by atoms with Crippen LogP contribution in [-0.4, -0.2) is 15.9 Å². The molecule has 1 aliphatic heterocycles. The standard InChI is InChI=1S/C20H19FN4S/c1-19-5-2-6-20(19,25-18(23)26-12-19)16-8-14(3-4-17(16)21)15-7-13(9-22)10-24-11-15/h3-4,7-8,10-11H,2,5-6,12H2,1H3,(H2,23,25)/t19-,20+/m0/s1. The van der Waals surface area contributed by atoms with Crippen LogP contribution >= 0.6 is 11.8 Å². The molecule has 4 nitrogen and oxygen atoms in total. The van der Waals surface area contributed by atoms with Crippen LogP contribution in [0.2, 0.25) is 0 Å². The van der Waals surface area contributed by atoms with E-state index >= 15 is 0 Å². The Morgan fingerprint density at radius 2 is 2.08 bits per heavy atom. The second kappa shape index (κ2) is 6.10. The molecular formula is C20H19FN4S. The van der Waals surface area contributed by atoms with Crippen molar-refractivity contribution >= 4 is 16.9 Å². The number of nitriles is 1. The number of thioether (sulfide) groups is 1. The van der Waals surface area contributed by atoms with Crippen molar-refractivity contribution in [3.63, 3.8) is 0 Å². The van der Waals surface area contributed by atoms with Crippen molar-refractivity contribution in [1.82, 2.24) is 4.98 Å². The summed E-state index contributed by atoms with van der Waals surface area (Å²) in [6, 6.07) is 8.95. The van der Waals surface area contributed by atoms with Crippen LogP contribution in [0.25, 0.3) is 11.1 Å². The van der Waals surface area contributed by atoms with Crippen LogP contribution in [0, 0.1) is 22.6 Å². The number of benzene rings is 1. The van der Waals surface area contributed by atoms with Crippen LogP contribution in [0.15, 0.2) is 41.7 Å². The van der Waals surface area contributed by atoms with Crippen LogP contribution in [0.4, 0.5) is 4.39 Å². The molecule has 0 amide bonds. The van der Waals surface area contributed by atoms with E-state index in [-0.39, 0.29) is 11.2 Å². The molecule has 0 radical (unpaired) electrons. The number of aromatic nitrogens is 1. The molecule has 2 N–H and O–H groups in total. The molecule has 1 aliphatic carbocycles. The summed E-state index contributed by atoms with van der Waals surface area (Å²) >= 11 is 1.56. The second-order valence-corrected chi connectivity index (χ2v) is 8.28. The van der Waals surface area contributed by atoms with Gasteiger partial charge in [-0.15, -0.1) is 0 Å². The quantitative estimate of drug-likeness (QED) is 0.864. The van der Waals surface area contributed by atoms with Gasteiger partial charge in [-0.2, -0.15) is 5.26 Å². The van der Waals surface area contributed by atoms with E-state index in [1.165, 1.54) is 12.3 Å². The van der Waals surface area contributed by atoms with Crippen LogP contribution < -0.4 is 5.73 Å². The van der Waals surface area contributed by atoms with Crippen molar-refractivity contribution in [2.24, 2.45) is 16.1 Å². The lowest BCUT2D eigenvalue weighted by Gasteiger charge is -2.44. The van der Waals surface area contributed by atoms with Crippen LogP contribution in [0.3, 0.4) is 0 Å². The molecule has 2 atom stereocenters. The van der Waals surface area contributed by atoms with Gasteiger partial charge in [0.15, 0.2) is 5.17 Å². The third-order valence-corrected chi connectivity index (χ3v) is 6.89. The Morgan fingerprint density at radius 3 is 2.88 bits per heavy atom. The molecule has 4 rings (SSSR count). The van der Waals surface area contributed by atoms with E-state index < -0.39 is 5.54 Å². The fourth-order valence-electron chi connectivity index (χ4n) is 4.28. The highest BCUT2D eigenvalue weighted by molar-refractivity contribution is 8.13. The maximum absolute atomic E-state index is 15.0. The average molecular weight is 366 g/mol. The predicted molar refractivity (Wildman–Crippen MR) is 102 cm³/mol. The molecular weight excluding hydrogens is 347 g/mol. The van der Waals surface area contributed by atoms with E-state index in [4.69, 9.17) is 16.0 Å². The van der Waals surface area contributed by atoms with E-state index in [1.807, 2.05) is 6.07 Å². The Kier molecular flexibility index (Phi) is 4.00. The Balaban J connectivity index is 1.89. The van der Waals surface area contributed by atoms with Gasteiger partial charge in [0.1, 0.15) is 11.9 Å². The largest absolute Gasteiger partial charge is 0.379 e. The van der Waals surface area contributed by atoms with Gasteiger partial charge in [-0.05, 0) is 43.0 Å². The van der Waals surface area contributed by atoms with E-state index in [0.29, 0.717) is 16.3 Å². The smallest absolute Gasteiger partial charge is 0.154 e. The van der Waals surface area contributed by atoms with Crippen molar-refractivity contribution in [2.75, 3.05) is 5.75 Å². The summed E-state index contributed by atoms with van der Waals surface area (Å²) in [5.74, 6) is 0.590. The maximum atomic E-state index is 15.0. The lowest BCUT2D eigenvalue weighted by molar-refractivity contribution is 0.211. The summed E-state index contributed by atoms with van der Waals surface area (Å²) < 4.78 is 15.0. The third kappa shape index (κ3) is 2.50. The predicted octanol–water partition coefficient (Wildman–Crippen LogP) is 4.21. The first-order valence-electron chi connectivity index (χ1n) is 8.61. The summed E-state index contributed by atoms with van der Waals surface area (Å²) in [5.41, 5.74) is 8.02. The van der Waals surface area contributed by atoms with E-state index in [9.17, 15) is 4.39 Å². The number of pyridine rings is 1. The zero-order valence-corrected chi connectivity index (χ0v) is 15.3. The molecule has 0 spiro atoms. The third-order valence-electron chi connectivity index (χ3n) is 5.72. The highest BCUT2D eigenvalue weighted by Gasteiger charge is 2.56. The number of nitrogens with zero attached hydrogens (tertiary/aromatic N) is 3. The second-order valence-electron chi connectivity index (χ2n) is 7.28. The van der Waals surface area contributed by atoms with Gasteiger partial charge < -0.3 is 5.73 Å². The summed E-state index contributed by atoms with van der Waals surface area (Å²) in [6.07, 6.45) is 6.01.